The van der Waals surface area contributed by atoms with Crippen LogP contribution in [0, 0.1) is 5.92 Å². The lowest BCUT2D eigenvalue weighted by Crippen LogP contribution is -2.56. The molecule has 0 spiro atoms. The predicted molar refractivity (Wildman–Crippen MR) is 71.6 cm³/mol. The van der Waals surface area contributed by atoms with E-state index in [1.807, 2.05) is 18.7 Å². The van der Waals surface area contributed by atoms with Crippen LogP contribution in [0.2, 0.25) is 0 Å². The Morgan fingerprint density at radius 2 is 2.16 bits per heavy atom. The first-order valence-electron chi connectivity index (χ1n) is 7.26. The molecule has 0 radical (unpaired) electrons. The Labute approximate surface area is 114 Å². The summed E-state index contributed by atoms with van der Waals surface area (Å²) in [6.45, 7) is 6.42. The second-order valence-electron chi connectivity index (χ2n) is 5.62. The lowest BCUT2D eigenvalue weighted by atomic mass is 9.94. The van der Waals surface area contributed by atoms with Crippen LogP contribution in [0.5, 0.6) is 0 Å². The van der Waals surface area contributed by atoms with Gasteiger partial charge in [0.05, 0.1) is 0 Å². The van der Waals surface area contributed by atoms with Crippen LogP contribution in [0.15, 0.2) is 0 Å². The average Bonchev–Trinajstić information content (AvgIpc) is 3.20. The fourth-order valence-corrected chi connectivity index (χ4v) is 2.72. The summed E-state index contributed by atoms with van der Waals surface area (Å²) < 4.78 is 5.30. The number of carbonyl (C=O) groups is 2. The molecule has 1 unspecified atom stereocenters. The molecular weight excluding hydrogens is 244 g/mol. The molecule has 0 bridgehead atoms. The number of hydrogen-bond donors (Lipinski definition) is 1. The normalized spacial score (nSPS) is 28.2. The molecule has 0 aromatic carbocycles. The van der Waals surface area contributed by atoms with Gasteiger partial charge in [0.1, 0.15) is 5.54 Å². The second kappa shape index (κ2) is 5.90. The molecule has 1 atom stereocenters. The third-order valence-corrected chi connectivity index (χ3v) is 4.05. The minimum atomic E-state index is -0.681. The zero-order valence-electron chi connectivity index (χ0n) is 11.9. The molecule has 1 aliphatic heterocycles. The molecular formula is C14H24N2O3. The first-order chi connectivity index (χ1) is 9.08. The van der Waals surface area contributed by atoms with Gasteiger partial charge in [-0.05, 0) is 39.0 Å². The number of hydrogen-bond acceptors (Lipinski definition) is 3. The van der Waals surface area contributed by atoms with Gasteiger partial charge in [-0.2, -0.15) is 0 Å². The summed E-state index contributed by atoms with van der Waals surface area (Å²) in [5.41, 5.74) is -0.681. The maximum atomic E-state index is 12.6. The Kier molecular flexibility index (Phi) is 4.45. The van der Waals surface area contributed by atoms with E-state index in [1.165, 1.54) is 0 Å². The van der Waals surface area contributed by atoms with Gasteiger partial charge < -0.3 is 15.0 Å². The molecule has 5 nitrogen and oxygen atoms in total. The van der Waals surface area contributed by atoms with Crippen LogP contribution in [0.25, 0.3) is 0 Å². The molecule has 2 aliphatic rings. The fraction of sp³-hybridized carbons (Fsp3) is 0.857. The van der Waals surface area contributed by atoms with E-state index in [0.717, 1.165) is 19.3 Å². The average molecular weight is 268 g/mol. The van der Waals surface area contributed by atoms with Crippen LogP contribution in [-0.4, -0.2) is 48.6 Å². The van der Waals surface area contributed by atoms with Crippen molar-refractivity contribution < 1.29 is 14.3 Å². The smallest absolute Gasteiger partial charge is 0.248 e. The first kappa shape index (κ1) is 14.3. The highest BCUT2D eigenvalue weighted by molar-refractivity contribution is 5.93. The van der Waals surface area contributed by atoms with Gasteiger partial charge in [0.2, 0.25) is 11.8 Å². The van der Waals surface area contributed by atoms with Crippen LogP contribution >= 0.6 is 0 Å². The van der Waals surface area contributed by atoms with Crippen molar-refractivity contribution in [1.82, 2.24) is 10.2 Å². The topological polar surface area (TPSA) is 58.6 Å². The van der Waals surface area contributed by atoms with Gasteiger partial charge in [-0.15, -0.1) is 0 Å². The molecule has 1 heterocycles. The number of nitrogens with zero attached hydrogens (tertiary/aromatic N) is 1. The van der Waals surface area contributed by atoms with Crippen LogP contribution in [0.1, 0.15) is 39.5 Å². The molecule has 0 aromatic heterocycles. The Hall–Kier alpha value is -1.10. The van der Waals surface area contributed by atoms with E-state index in [2.05, 4.69) is 5.32 Å². The van der Waals surface area contributed by atoms with Crippen molar-refractivity contribution in [2.24, 2.45) is 5.92 Å². The van der Waals surface area contributed by atoms with E-state index in [1.54, 1.807) is 0 Å². The molecule has 2 amide bonds. The standard InChI is InChI=1S/C14H24N2O3/c1-3-19-10-4-8-16-9-7-12(17)15-14(2,13(16)18)11-5-6-11/h11H,3-10H2,1-2H3,(H,15,17). The van der Waals surface area contributed by atoms with Gasteiger partial charge in [-0.1, -0.05) is 0 Å². The predicted octanol–water partition coefficient (Wildman–Crippen LogP) is 0.930. The summed E-state index contributed by atoms with van der Waals surface area (Å²) in [6, 6.07) is 0. The van der Waals surface area contributed by atoms with E-state index >= 15 is 0 Å². The Morgan fingerprint density at radius 3 is 2.79 bits per heavy atom. The largest absolute Gasteiger partial charge is 0.382 e. The van der Waals surface area contributed by atoms with Gasteiger partial charge in [-0.3, -0.25) is 9.59 Å². The number of nitrogens with one attached hydrogen (secondary N) is 1. The van der Waals surface area contributed by atoms with Crippen LogP contribution < -0.4 is 5.32 Å². The highest BCUT2D eigenvalue weighted by Crippen LogP contribution is 2.41. The minimum Gasteiger partial charge on any atom is -0.382 e. The molecule has 19 heavy (non-hydrogen) atoms. The Morgan fingerprint density at radius 1 is 1.42 bits per heavy atom. The number of ether oxygens (including phenoxy) is 1. The summed E-state index contributed by atoms with van der Waals surface area (Å²) in [7, 11) is 0. The molecule has 108 valence electrons. The monoisotopic (exact) mass is 268 g/mol. The number of amides is 2. The van der Waals surface area contributed by atoms with Gasteiger partial charge in [-0.25, -0.2) is 0 Å². The molecule has 1 aliphatic carbocycles. The van der Waals surface area contributed by atoms with Crippen molar-refractivity contribution in [1.29, 1.82) is 0 Å². The Bertz CT molecular complexity index is 355. The van der Waals surface area contributed by atoms with E-state index in [-0.39, 0.29) is 11.8 Å². The minimum absolute atomic E-state index is 0.00458. The Balaban J connectivity index is 1.98. The fourth-order valence-electron chi connectivity index (χ4n) is 2.72. The van der Waals surface area contributed by atoms with E-state index in [9.17, 15) is 9.59 Å². The maximum Gasteiger partial charge on any atom is 0.248 e. The van der Waals surface area contributed by atoms with Crippen molar-refractivity contribution >= 4 is 11.8 Å². The third-order valence-electron chi connectivity index (χ3n) is 4.05. The maximum absolute atomic E-state index is 12.6. The summed E-state index contributed by atoms with van der Waals surface area (Å²) >= 11 is 0. The molecule has 1 saturated heterocycles. The van der Waals surface area contributed by atoms with Crippen LogP contribution in [-0.2, 0) is 14.3 Å². The van der Waals surface area contributed by atoms with E-state index in [0.29, 0.717) is 38.6 Å². The van der Waals surface area contributed by atoms with Crippen molar-refractivity contribution in [3.05, 3.63) is 0 Å². The third kappa shape index (κ3) is 3.26. The van der Waals surface area contributed by atoms with E-state index in [4.69, 9.17) is 4.74 Å². The highest BCUT2D eigenvalue weighted by atomic mass is 16.5. The lowest BCUT2D eigenvalue weighted by Gasteiger charge is -2.32. The quantitative estimate of drug-likeness (QED) is 0.729. The van der Waals surface area contributed by atoms with Gasteiger partial charge in [0, 0.05) is 32.7 Å². The molecule has 1 saturated carbocycles. The highest BCUT2D eigenvalue weighted by Gasteiger charge is 2.50. The van der Waals surface area contributed by atoms with Crippen LogP contribution in [0.4, 0.5) is 0 Å². The zero-order valence-corrected chi connectivity index (χ0v) is 11.9. The van der Waals surface area contributed by atoms with E-state index < -0.39 is 5.54 Å². The first-order valence-corrected chi connectivity index (χ1v) is 7.26. The zero-order chi connectivity index (χ0) is 13.9. The summed E-state index contributed by atoms with van der Waals surface area (Å²) in [6.07, 6.45) is 3.31. The molecule has 2 fully saturated rings. The lowest BCUT2D eigenvalue weighted by molar-refractivity contribution is -0.139. The number of rotatable bonds is 6. The summed E-state index contributed by atoms with van der Waals surface area (Å²) in [5.74, 6) is 0.392. The van der Waals surface area contributed by atoms with Crippen molar-refractivity contribution in [2.45, 2.75) is 45.1 Å². The summed E-state index contributed by atoms with van der Waals surface area (Å²) in [4.78, 5) is 26.2. The van der Waals surface area contributed by atoms with Gasteiger partial charge in [0.15, 0.2) is 0 Å². The molecule has 2 rings (SSSR count). The van der Waals surface area contributed by atoms with Crippen molar-refractivity contribution in [2.75, 3.05) is 26.3 Å². The SMILES string of the molecule is CCOCCCN1CCC(=O)NC(C)(C2CC2)C1=O. The van der Waals surface area contributed by atoms with Gasteiger partial charge in [0.25, 0.3) is 0 Å². The van der Waals surface area contributed by atoms with Crippen LogP contribution in [0.3, 0.4) is 0 Å². The molecule has 5 heteroatoms. The number of carbonyl (C=O) groups excluding carboxylic acids is 2. The second-order valence-corrected chi connectivity index (χ2v) is 5.62. The molecule has 1 N–H and O–H groups in total. The van der Waals surface area contributed by atoms with Crippen molar-refractivity contribution in [3.8, 4) is 0 Å². The van der Waals surface area contributed by atoms with Gasteiger partial charge >= 0.3 is 0 Å². The van der Waals surface area contributed by atoms with Crippen molar-refractivity contribution in [3.63, 3.8) is 0 Å². The molecule has 0 aromatic rings. The summed E-state index contributed by atoms with van der Waals surface area (Å²) in [5, 5.41) is 2.94.